The van der Waals surface area contributed by atoms with Gasteiger partial charge in [-0.2, -0.15) is 0 Å². The van der Waals surface area contributed by atoms with Gasteiger partial charge in [0.25, 0.3) is 0 Å². The number of piperidine rings is 1. The highest BCUT2D eigenvalue weighted by atomic mass is 79.9. The predicted molar refractivity (Wildman–Crippen MR) is 82.0 cm³/mol. The fourth-order valence-corrected chi connectivity index (χ4v) is 2.62. The Balaban J connectivity index is 2.01. The largest absolute Gasteiger partial charge is 0.365 e. The van der Waals surface area contributed by atoms with Gasteiger partial charge in [-0.1, -0.05) is 28.0 Å². The first-order chi connectivity index (χ1) is 9.47. The van der Waals surface area contributed by atoms with Crippen LogP contribution >= 0.6 is 15.9 Å². The average molecular weight is 340 g/mol. The van der Waals surface area contributed by atoms with Crippen molar-refractivity contribution in [1.82, 2.24) is 0 Å². The van der Waals surface area contributed by atoms with Crippen molar-refractivity contribution >= 4 is 27.6 Å². The van der Waals surface area contributed by atoms with Crippen molar-refractivity contribution < 1.29 is 14.5 Å². The van der Waals surface area contributed by atoms with Gasteiger partial charge < -0.3 is 9.74 Å². The fourth-order valence-electron chi connectivity index (χ4n) is 2.36. The smallest absolute Gasteiger partial charge is 0.334 e. The number of nitrogens with zero attached hydrogens (tertiary/aromatic N) is 1. The van der Waals surface area contributed by atoms with Crippen LogP contribution in [-0.4, -0.2) is 31.3 Å². The Morgan fingerprint density at radius 3 is 2.65 bits per heavy atom. The molecule has 2 rings (SSSR count). The first kappa shape index (κ1) is 15.2. The molecule has 1 N–H and O–H groups in total. The van der Waals surface area contributed by atoms with E-state index in [-0.39, 0.29) is 0 Å². The minimum Gasteiger partial charge on any atom is -0.334 e. The summed E-state index contributed by atoms with van der Waals surface area (Å²) in [5, 5.41) is 4.09. The Morgan fingerprint density at radius 1 is 1.35 bits per heavy atom. The number of likely N-dealkylation sites (tertiary alicyclic amines) is 1. The highest BCUT2D eigenvalue weighted by molar-refractivity contribution is 9.10. The maximum atomic E-state index is 11.9. The summed E-state index contributed by atoms with van der Waals surface area (Å²) < 4.78 is 0.932. The second-order valence-electron chi connectivity index (χ2n) is 5.52. The van der Waals surface area contributed by atoms with Crippen molar-refractivity contribution in [3.63, 3.8) is 0 Å². The summed E-state index contributed by atoms with van der Waals surface area (Å²) in [4.78, 5) is 18.5. The van der Waals surface area contributed by atoms with Crippen LogP contribution in [0.3, 0.4) is 0 Å². The number of halogens is 1. The van der Waals surface area contributed by atoms with E-state index in [1.54, 1.807) is 12.1 Å². The van der Waals surface area contributed by atoms with E-state index in [0.717, 1.165) is 23.1 Å². The molecule has 0 saturated carbocycles. The molecule has 1 unspecified atom stereocenters. The number of hydrogen-bond donors (Lipinski definition) is 1. The lowest BCUT2D eigenvalue weighted by atomic mass is 9.93. The molecule has 0 bridgehead atoms. The van der Waals surface area contributed by atoms with E-state index in [1.165, 1.54) is 4.90 Å². The monoisotopic (exact) mass is 339 g/mol. The summed E-state index contributed by atoms with van der Waals surface area (Å²) in [7, 11) is 2.19. The van der Waals surface area contributed by atoms with Crippen molar-refractivity contribution in [2.75, 3.05) is 13.6 Å². The number of carbonyl (C=O) groups excluding carboxylic acids is 1. The zero-order chi connectivity index (χ0) is 14.7. The van der Waals surface area contributed by atoms with Crippen LogP contribution in [0.15, 0.2) is 33.9 Å². The highest BCUT2D eigenvalue weighted by Gasteiger charge is 2.29. The van der Waals surface area contributed by atoms with Crippen LogP contribution in [0, 0.1) is 5.92 Å². The van der Waals surface area contributed by atoms with Crippen LogP contribution in [-0.2, 0) is 4.84 Å². The van der Waals surface area contributed by atoms with Gasteiger partial charge in [-0.25, -0.2) is 4.79 Å². The summed E-state index contributed by atoms with van der Waals surface area (Å²) in [5.41, 5.74) is 1.49. The predicted octanol–water partition coefficient (Wildman–Crippen LogP) is 1.90. The van der Waals surface area contributed by atoms with Crippen molar-refractivity contribution in [2.24, 2.45) is 11.1 Å². The molecule has 3 atom stereocenters. The number of oxime groups is 1. The Kier molecular flexibility index (Phi) is 4.94. The molecule has 1 aromatic carbocycles. The Labute approximate surface area is 127 Å². The molecule has 108 valence electrons. The first-order valence-corrected chi connectivity index (χ1v) is 7.62. The zero-order valence-electron chi connectivity index (χ0n) is 12.0. The molecule has 5 heteroatoms. The molecule has 0 aliphatic carbocycles. The molecule has 1 aromatic rings. The van der Waals surface area contributed by atoms with E-state index in [2.05, 4.69) is 42.0 Å². The van der Waals surface area contributed by atoms with Crippen LogP contribution in [0.5, 0.6) is 0 Å². The SMILES string of the molecule is C[C@H]1C[NH+](C)[C@@H](C)C/C1=N\OC(=O)c1ccc(Br)cc1. The van der Waals surface area contributed by atoms with E-state index in [0.29, 0.717) is 17.5 Å². The lowest BCUT2D eigenvalue weighted by Gasteiger charge is -2.31. The van der Waals surface area contributed by atoms with Crippen LogP contribution in [0.2, 0.25) is 0 Å². The third-order valence-electron chi connectivity index (χ3n) is 3.88. The van der Waals surface area contributed by atoms with Gasteiger partial charge in [-0.3, -0.25) is 0 Å². The summed E-state index contributed by atoms with van der Waals surface area (Å²) in [6.45, 7) is 5.34. The number of nitrogens with one attached hydrogen (secondary N) is 1. The minimum atomic E-state index is -0.406. The molecule has 1 fully saturated rings. The van der Waals surface area contributed by atoms with E-state index in [1.807, 2.05) is 12.1 Å². The molecular formula is C15H20BrN2O2+. The molecule has 0 aromatic heterocycles. The topological polar surface area (TPSA) is 43.1 Å². The molecule has 1 saturated heterocycles. The van der Waals surface area contributed by atoms with E-state index < -0.39 is 5.97 Å². The number of rotatable bonds is 2. The fraction of sp³-hybridized carbons (Fsp3) is 0.467. The normalized spacial score (nSPS) is 28.4. The Hall–Kier alpha value is -1.20. The summed E-state index contributed by atoms with van der Waals surface area (Å²) in [6.07, 6.45) is 0.876. The van der Waals surface area contributed by atoms with Gasteiger partial charge in [-0.15, -0.1) is 0 Å². The van der Waals surface area contributed by atoms with Crippen LogP contribution in [0.1, 0.15) is 30.6 Å². The van der Waals surface area contributed by atoms with E-state index in [9.17, 15) is 4.79 Å². The molecule has 1 aliphatic heterocycles. The Morgan fingerprint density at radius 2 is 2.00 bits per heavy atom. The second-order valence-corrected chi connectivity index (χ2v) is 6.44. The van der Waals surface area contributed by atoms with Gasteiger partial charge in [-0.05, 0) is 31.2 Å². The van der Waals surface area contributed by atoms with Gasteiger partial charge >= 0.3 is 5.97 Å². The van der Waals surface area contributed by atoms with Gasteiger partial charge in [0.05, 0.1) is 30.9 Å². The molecule has 1 aliphatic rings. The van der Waals surface area contributed by atoms with Crippen LogP contribution in [0.25, 0.3) is 0 Å². The summed E-state index contributed by atoms with van der Waals surface area (Å²) >= 11 is 3.33. The molecular weight excluding hydrogens is 320 g/mol. The first-order valence-electron chi connectivity index (χ1n) is 6.83. The van der Waals surface area contributed by atoms with Gasteiger partial charge in [0, 0.05) is 16.8 Å². The van der Waals surface area contributed by atoms with Crippen molar-refractivity contribution in [1.29, 1.82) is 0 Å². The molecule has 1 heterocycles. The zero-order valence-corrected chi connectivity index (χ0v) is 13.6. The number of quaternary nitrogens is 1. The maximum Gasteiger partial charge on any atom is 0.365 e. The average Bonchev–Trinajstić information content (AvgIpc) is 2.42. The molecule has 4 nitrogen and oxygen atoms in total. The van der Waals surface area contributed by atoms with Gasteiger partial charge in [0.15, 0.2) is 0 Å². The van der Waals surface area contributed by atoms with E-state index >= 15 is 0 Å². The summed E-state index contributed by atoms with van der Waals surface area (Å²) in [6, 6.07) is 7.58. The summed E-state index contributed by atoms with van der Waals surface area (Å²) in [5.74, 6) is -0.0555. The second kappa shape index (κ2) is 6.50. The van der Waals surface area contributed by atoms with Gasteiger partial charge in [0.1, 0.15) is 0 Å². The number of carbonyl (C=O) groups is 1. The molecule has 0 amide bonds. The number of hydrogen-bond acceptors (Lipinski definition) is 3. The highest BCUT2D eigenvalue weighted by Crippen LogP contribution is 2.13. The van der Waals surface area contributed by atoms with Crippen LogP contribution in [0.4, 0.5) is 0 Å². The third-order valence-corrected chi connectivity index (χ3v) is 4.41. The third kappa shape index (κ3) is 3.67. The van der Waals surface area contributed by atoms with E-state index in [4.69, 9.17) is 4.84 Å². The minimum absolute atomic E-state index is 0.351. The van der Waals surface area contributed by atoms with Crippen molar-refractivity contribution in [3.8, 4) is 0 Å². The van der Waals surface area contributed by atoms with Gasteiger partial charge in [0.2, 0.25) is 0 Å². The lowest BCUT2D eigenvalue weighted by Crippen LogP contribution is -3.14. The molecule has 0 spiro atoms. The maximum absolute atomic E-state index is 11.9. The molecule has 20 heavy (non-hydrogen) atoms. The molecule has 0 radical (unpaired) electrons. The lowest BCUT2D eigenvalue weighted by molar-refractivity contribution is -0.908. The standard InChI is InChI=1S/C15H19BrN2O2/c1-10-9-18(3)11(2)8-14(10)17-20-15(19)12-4-6-13(16)7-5-12/h4-7,10-11H,8-9H2,1-3H3/p+1/b17-14+/t10-,11-/m0/s1. The van der Waals surface area contributed by atoms with Crippen molar-refractivity contribution in [3.05, 3.63) is 34.3 Å². The van der Waals surface area contributed by atoms with Crippen LogP contribution < -0.4 is 4.90 Å². The number of benzene rings is 1. The quantitative estimate of drug-likeness (QED) is 0.660. The Bertz CT molecular complexity index is 513. The van der Waals surface area contributed by atoms with Crippen molar-refractivity contribution in [2.45, 2.75) is 26.3 Å².